The molecule has 0 unspecified atom stereocenters. The van der Waals surface area contributed by atoms with Crippen LogP contribution in [0.2, 0.25) is 0 Å². The molecular weight excluding hydrogens is 314 g/mol. The standard InChI is InChI=1S/C12H13N3O4S2/c1-7-15-9(6-20-7)5-14-21(18,19)11-3-2-8(13)4-10(11)12(16)17/h2-4,6,14H,5,13H2,1H3,(H,16,17). The van der Waals surface area contributed by atoms with Crippen LogP contribution in [0.15, 0.2) is 28.5 Å². The summed E-state index contributed by atoms with van der Waals surface area (Å²) >= 11 is 1.40. The molecule has 1 heterocycles. The Labute approximate surface area is 125 Å². The number of thiazole rings is 1. The Morgan fingerprint density at radius 3 is 2.76 bits per heavy atom. The maximum atomic E-state index is 12.2. The van der Waals surface area contributed by atoms with Gasteiger partial charge < -0.3 is 10.8 Å². The summed E-state index contributed by atoms with van der Waals surface area (Å²) in [5.41, 5.74) is 5.88. The van der Waals surface area contributed by atoms with Crippen molar-refractivity contribution in [3.05, 3.63) is 39.8 Å². The normalized spacial score (nSPS) is 11.5. The maximum Gasteiger partial charge on any atom is 0.337 e. The minimum atomic E-state index is -3.96. The Bertz CT molecular complexity index is 784. The molecular formula is C12H13N3O4S2. The molecule has 21 heavy (non-hydrogen) atoms. The number of carbonyl (C=O) groups is 1. The lowest BCUT2D eigenvalue weighted by molar-refractivity contribution is 0.0692. The summed E-state index contributed by atoms with van der Waals surface area (Å²) in [6.07, 6.45) is 0. The number of nitrogens with two attached hydrogens (primary N) is 1. The molecule has 1 aromatic carbocycles. The number of nitrogens with one attached hydrogen (secondary N) is 1. The van der Waals surface area contributed by atoms with E-state index in [9.17, 15) is 13.2 Å². The molecule has 0 aliphatic carbocycles. The second-order valence-corrected chi connectivity index (χ2v) is 7.04. The number of nitrogen functional groups attached to an aromatic ring is 1. The first kappa shape index (κ1) is 15.4. The highest BCUT2D eigenvalue weighted by molar-refractivity contribution is 7.89. The molecule has 0 fully saturated rings. The van der Waals surface area contributed by atoms with E-state index in [1.807, 2.05) is 6.92 Å². The minimum Gasteiger partial charge on any atom is -0.478 e. The number of benzene rings is 1. The van der Waals surface area contributed by atoms with E-state index in [-0.39, 0.29) is 22.7 Å². The predicted molar refractivity (Wildman–Crippen MR) is 78.7 cm³/mol. The number of aromatic carboxylic acids is 1. The lowest BCUT2D eigenvalue weighted by Crippen LogP contribution is -2.25. The maximum absolute atomic E-state index is 12.2. The number of hydrogen-bond acceptors (Lipinski definition) is 6. The van der Waals surface area contributed by atoms with Crippen molar-refractivity contribution < 1.29 is 18.3 Å². The van der Waals surface area contributed by atoms with Gasteiger partial charge in [0.05, 0.1) is 27.7 Å². The number of aryl methyl sites for hydroxylation is 1. The summed E-state index contributed by atoms with van der Waals surface area (Å²) in [7, 11) is -3.96. The van der Waals surface area contributed by atoms with Crippen LogP contribution in [0.1, 0.15) is 21.1 Å². The Hall–Kier alpha value is -1.97. The molecule has 0 radical (unpaired) electrons. The summed E-state index contributed by atoms with van der Waals surface area (Å²) in [5.74, 6) is -1.35. The van der Waals surface area contributed by atoms with Crippen molar-refractivity contribution in [2.24, 2.45) is 0 Å². The van der Waals surface area contributed by atoms with E-state index in [0.717, 1.165) is 11.1 Å². The number of hydrogen-bond donors (Lipinski definition) is 3. The molecule has 0 aliphatic heterocycles. The Morgan fingerprint density at radius 2 is 2.19 bits per heavy atom. The average molecular weight is 327 g/mol. The third-order valence-electron chi connectivity index (χ3n) is 2.63. The average Bonchev–Trinajstić information content (AvgIpc) is 2.82. The van der Waals surface area contributed by atoms with Gasteiger partial charge in [-0.3, -0.25) is 0 Å². The largest absolute Gasteiger partial charge is 0.478 e. The Kier molecular flexibility index (Phi) is 4.26. The van der Waals surface area contributed by atoms with Crippen LogP contribution in [0.4, 0.5) is 5.69 Å². The summed E-state index contributed by atoms with van der Waals surface area (Å²) in [6.45, 7) is 1.81. The fraction of sp³-hybridized carbons (Fsp3) is 0.167. The minimum absolute atomic E-state index is 0.00386. The van der Waals surface area contributed by atoms with Crippen molar-refractivity contribution in [3.8, 4) is 0 Å². The van der Waals surface area contributed by atoms with Crippen LogP contribution in [0, 0.1) is 6.92 Å². The number of carboxylic acids is 1. The first-order valence-corrected chi connectivity index (χ1v) is 8.19. The molecule has 9 heteroatoms. The van der Waals surface area contributed by atoms with Crippen molar-refractivity contribution in [2.45, 2.75) is 18.4 Å². The van der Waals surface area contributed by atoms with Crippen LogP contribution in [-0.4, -0.2) is 24.5 Å². The lowest BCUT2D eigenvalue weighted by atomic mass is 10.2. The number of carboxylic acid groups (broad SMARTS) is 1. The van der Waals surface area contributed by atoms with Gasteiger partial charge in [0, 0.05) is 11.1 Å². The zero-order chi connectivity index (χ0) is 15.6. The topological polar surface area (TPSA) is 122 Å². The molecule has 1 aromatic heterocycles. The molecule has 0 atom stereocenters. The fourth-order valence-electron chi connectivity index (χ4n) is 1.69. The fourth-order valence-corrected chi connectivity index (χ4v) is 3.47. The SMILES string of the molecule is Cc1nc(CNS(=O)(=O)c2ccc(N)cc2C(=O)O)cs1. The van der Waals surface area contributed by atoms with E-state index in [1.165, 1.54) is 23.5 Å². The summed E-state index contributed by atoms with van der Waals surface area (Å²) in [6, 6.07) is 3.63. The molecule has 0 saturated carbocycles. The molecule has 0 bridgehead atoms. The van der Waals surface area contributed by atoms with Crippen LogP contribution in [0.3, 0.4) is 0 Å². The highest BCUT2D eigenvalue weighted by Gasteiger charge is 2.22. The molecule has 0 saturated heterocycles. The van der Waals surface area contributed by atoms with Crippen LogP contribution >= 0.6 is 11.3 Å². The van der Waals surface area contributed by atoms with Gasteiger partial charge in [-0.2, -0.15) is 0 Å². The van der Waals surface area contributed by atoms with Gasteiger partial charge in [-0.1, -0.05) is 0 Å². The Balaban J connectivity index is 2.29. The van der Waals surface area contributed by atoms with Crippen LogP contribution in [-0.2, 0) is 16.6 Å². The monoisotopic (exact) mass is 327 g/mol. The molecule has 0 aliphatic rings. The highest BCUT2D eigenvalue weighted by atomic mass is 32.2. The molecule has 4 N–H and O–H groups in total. The molecule has 112 valence electrons. The van der Waals surface area contributed by atoms with E-state index in [2.05, 4.69) is 9.71 Å². The Morgan fingerprint density at radius 1 is 1.48 bits per heavy atom. The molecule has 7 nitrogen and oxygen atoms in total. The quantitative estimate of drug-likeness (QED) is 0.709. The van der Waals surface area contributed by atoms with E-state index >= 15 is 0 Å². The lowest BCUT2D eigenvalue weighted by Gasteiger charge is -2.09. The van der Waals surface area contributed by atoms with E-state index in [0.29, 0.717) is 5.69 Å². The van der Waals surface area contributed by atoms with Gasteiger partial charge in [-0.25, -0.2) is 22.9 Å². The smallest absolute Gasteiger partial charge is 0.337 e. The van der Waals surface area contributed by atoms with Gasteiger partial charge in [0.25, 0.3) is 0 Å². The first-order chi connectivity index (χ1) is 9.79. The van der Waals surface area contributed by atoms with Gasteiger partial charge in [-0.05, 0) is 25.1 Å². The van der Waals surface area contributed by atoms with E-state index in [4.69, 9.17) is 10.8 Å². The van der Waals surface area contributed by atoms with Crippen LogP contribution in [0.5, 0.6) is 0 Å². The number of sulfonamides is 1. The van der Waals surface area contributed by atoms with Crippen molar-refractivity contribution in [2.75, 3.05) is 5.73 Å². The summed E-state index contributed by atoms with van der Waals surface area (Å²) in [5, 5.41) is 11.6. The van der Waals surface area contributed by atoms with Gasteiger partial charge in [0.15, 0.2) is 0 Å². The second kappa shape index (κ2) is 5.80. The predicted octanol–water partition coefficient (Wildman–Crippen LogP) is 1.21. The van der Waals surface area contributed by atoms with Gasteiger partial charge >= 0.3 is 5.97 Å². The highest BCUT2D eigenvalue weighted by Crippen LogP contribution is 2.19. The molecule has 2 rings (SSSR count). The van der Waals surface area contributed by atoms with E-state index in [1.54, 1.807) is 5.38 Å². The molecule has 2 aromatic rings. The third-order valence-corrected chi connectivity index (χ3v) is 4.92. The van der Waals surface area contributed by atoms with Gasteiger partial charge in [0.2, 0.25) is 10.0 Å². The second-order valence-electron chi connectivity index (χ2n) is 4.24. The number of anilines is 1. The summed E-state index contributed by atoms with van der Waals surface area (Å²) in [4.78, 5) is 15.0. The first-order valence-electron chi connectivity index (χ1n) is 5.83. The van der Waals surface area contributed by atoms with Gasteiger partial charge in [-0.15, -0.1) is 11.3 Å². The summed E-state index contributed by atoms with van der Waals surface area (Å²) < 4.78 is 26.8. The third kappa shape index (κ3) is 3.57. The van der Waals surface area contributed by atoms with Crippen molar-refractivity contribution in [3.63, 3.8) is 0 Å². The molecule has 0 amide bonds. The van der Waals surface area contributed by atoms with Crippen molar-refractivity contribution in [1.82, 2.24) is 9.71 Å². The van der Waals surface area contributed by atoms with Crippen molar-refractivity contribution in [1.29, 1.82) is 0 Å². The zero-order valence-corrected chi connectivity index (χ0v) is 12.7. The zero-order valence-electron chi connectivity index (χ0n) is 11.0. The van der Waals surface area contributed by atoms with Crippen LogP contribution < -0.4 is 10.5 Å². The number of aromatic nitrogens is 1. The van der Waals surface area contributed by atoms with Crippen molar-refractivity contribution >= 4 is 33.0 Å². The van der Waals surface area contributed by atoms with Gasteiger partial charge in [0.1, 0.15) is 0 Å². The van der Waals surface area contributed by atoms with Crippen LogP contribution in [0.25, 0.3) is 0 Å². The number of nitrogens with zero attached hydrogens (tertiary/aromatic N) is 1. The number of rotatable bonds is 5. The van der Waals surface area contributed by atoms with E-state index < -0.39 is 16.0 Å². The molecule has 0 spiro atoms.